The van der Waals surface area contributed by atoms with E-state index in [0.717, 1.165) is 30.7 Å². The fourth-order valence-corrected chi connectivity index (χ4v) is 2.52. The average Bonchev–Trinajstić information content (AvgIpc) is 3.23. The molecule has 0 N–H and O–H groups in total. The molecule has 0 atom stereocenters. The zero-order chi connectivity index (χ0) is 16.9. The van der Waals surface area contributed by atoms with Crippen LogP contribution in [0.1, 0.15) is 31.2 Å². The van der Waals surface area contributed by atoms with Gasteiger partial charge in [-0.3, -0.25) is 10.1 Å². The molecule has 124 valence electrons. The number of furan rings is 1. The van der Waals surface area contributed by atoms with Gasteiger partial charge >= 0.3 is 0 Å². The molecule has 1 aromatic carbocycles. The molecule has 7 nitrogen and oxygen atoms in total. The fraction of sp³-hybridized carbons (Fsp3) is 0.294. The minimum absolute atomic E-state index is 0.0833. The summed E-state index contributed by atoms with van der Waals surface area (Å²) >= 11 is 0. The Labute approximate surface area is 139 Å². The van der Waals surface area contributed by atoms with E-state index in [4.69, 9.17) is 4.42 Å². The summed E-state index contributed by atoms with van der Waals surface area (Å²) in [5.74, 6) is 2.22. The molecule has 0 saturated heterocycles. The summed E-state index contributed by atoms with van der Waals surface area (Å²) in [4.78, 5) is 10.4. The molecule has 2 aromatic heterocycles. The lowest BCUT2D eigenvalue weighted by molar-refractivity contribution is -0.384. The first-order valence-corrected chi connectivity index (χ1v) is 7.88. The zero-order valence-corrected chi connectivity index (χ0v) is 13.4. The van der Waals surface area contributed by atoms with Crippen LogP contribution in [0.4, 0.5) is 5.69 Å². The molecule has 3 aromatic rings. The quantitative estimate of drug-likeness (QED) is 0.486. The molecule has 7 heteroatoms. The highest BCUT2D eigenvalue weighted by Gasteiger charge is 2.16. The second kappa shape index (κ2) is 7.08. The van der Waals surface area contributed by atoms with Crippen molar-refractivity contribution in [3.63, 3.8) is 0 Å². The lowest BCUT2D eigenvalue weighted by Crippen LogP contribution is -2.07. The molecule has 3 rings (SSSR count). The summed E-state index contributed by atoms with van der Waals surface area (Å²) in [5, 5.41) is 19.3. The van der Waals surface area contributed by atoms with Gasteiger partial charge in [-0.15, -0.1) is 10.2 Å². The third-order valence-electron chi connectivity index (χ3n) is 3.81. The maximum absolute atomic E-state index is 10.8. The highest BCUT2D eigenvalue weighted by atomic mass is 16.6. The van der Waals surface area contributed by atoms with E-state index in [-0.39, 0.29) is 5.69 Å². The van der Waals surface area contributed by atoms with Crippen molar-refractivity contribution < 1.29 is 9.34 Å². The highest BCUT2D eigenvalue weighted by Crippen LogP contribution is 2.22. The van der Waals surface area contributed by atoms with Gasteiger partial charge in [0.05, 0.1) is 17.7 Å². The molecule has 0 saturated carbocycles. The molecular weight excluding hydrogens is 308 g/mol. The predicted molar refractivity (Wildman–Crippen MR) is 88.5 cm³/mol. The number of hydrogen-bond acceptors (Lipinski definition) is 5. The van der Waals surface area contributed by atoms with Crippen molar-refractivity contribution in [3.8, 4) is 11.6 Å². The molecule has 0 fully saturated rings. The van der Waals surface area contributed by atoms with Crippen LogP contribution in [0.15, 0.2) is 47.1 Å². The summed E-state index contributed by atoms with van der Waals surface area (Å²) in [6.07, 6.45) is 4.53. The highest BCUT2D eigenvalue weighted by molar-refractivity contribution is 5.47. The summed E-state index contributed by atoms with van der Waals surface area (Å²) in [5.41, 5.74) is 1.03. The Bertz CT molecular complexity index is 807. The van der Waals surface area contributed by atoms with Gasteiger partial charge in [0.2, 0.25) is 0 Å². The van der Waals surface area contributed by atoms with Crippen molar-refractivity contribution >= 4 is 5.69 Å². The molecule has 0 aliphatic heterocycles. The van der Waals surface area contributed by atoms with Gasteiger partial charge in [-0.2, -0.15) is 0 Å². The van der Waals surface area contributed by atoms with Gasteiger partial charge in [-0.25, -0.2) is 0 Å². The van der Waals surface area contributed by atoms with Crippen molar-refractivity contribution in [1.82, 2.24) is 14.8 Å². The number of hydrogen-bond donors (Lipinski definition) is 0. The number of nitro benzene ring substituents is 1. The number of non-ortho nitro benzene ring substituents is 1. The minimum Gasteiger partial charge on any atom is -0.461 e. The third kappa shape index (κ3) is 3.34. The summed E-state index contributed by atoms with van der Waals surface area (Å²) in [7, 11) is 0. The molecule has 0 spiro atoms. The van der Waals surface area contributed by atoms with E-state index in [1.807, 2.05) is 16.7 Å². The van der Waals surface area contributed by atoms with E-state index < -0.39 is 4.92 Å². The smallest absolute Gasteiger partial charge is 0.269 e. The third-order valence-corrected chi connectivity index (χ3v) is 3.81. The van der Waals surface area contributed by atoms with E-state index in [1.54, 1.807) is 18.4 Å². The normalized spacial score (nSPS) is 10.9. The lowest BCUT2D eigenvalue weighted by Gasteiger charge is -2.09. The second-order valence-electron chi connectivity index (χ2n) is 5.53. The van der Waals surface area contributed by atoms with Crippen LogP contribution in [-0.4, -0.2) is 19.7 Å². The Balaban J connectivity index is 1.92. The van der Waals surface area contributed by atoms with Gasteiger partial charge < -0.3 is 8.98 Å². The van der Waals surface area contributed by atoms with Crippen molar-refractivity contribution in [2.45, 2.75) is 32.7 Å². The maximum Gasteiger partial charge on any atom is 0.269 e. The SMILES string of the molecule is CCCCc1nnc(-c2ccco2)n1Cc1ccc([N+](=O)[O-])cc1. The number of aromatic nitrogens is 3. The molecule has 0 bridgehead atoms. The van der Waals surface area contributed by atoms with Crippen molar-refractivity contribution in [3.05, 3.63) is 64.2 Å². The van der Waals surface area contributed by atoms with E-state index in [2.05, 4.69) is 17.1 Å². The van der Waals surface area contributed by atoms with Crippen LogP contribution in [0, 0.1) is 10.1 Å². The molecular formula is C17H18N4O3. The van der Waals surface area contributed by atoms with Crippen molar-refractivity contribution in [2.24, 2.45) is 0 Å². The molecule has 0 unspecified atom stereocenters. The standard InChI is InChI=1S/C17H18N4O3/c1-2-3-6-16-18-19-17(15-5-4-11-24-15)20(16)12-13-7-9-14(10-8-13)21(22)23/h4-5,7-11H,2-3,6,12H2,1H3. The van der Waals surface area contributed by atoms with Crippen LogP contribution in [0.25, 0.3) is 11.6 Å². The van der Waals surface area contributed by atoms with Crippen LogP contribution in [0.2, 0.25) is 0 Å². The number of nitro groups is 1. The van der Waals surface area contributed by atoms with Gasteiger partial charge in [-0.1, -0.05) is 25.5 Å². The van der Waals surface area contributed by atoms with Gasteiger partial charge in [0, 0.05) is 18.6 Å². The second-order valence-corrected chi connectivity index (χ2v) is 5.53. The lowest BCUT2D eigenvalue weighted by atomic mass is 10.2. The Morgan fingerprint density at radius 3 is 2.62 bits per heavy atom. The van der Waals surface area contributed by atoms with Gasteiger partial charge in [0.1, 0.15) is 5.82 Å². The zero-order valence-electron chi connectivity index (χ0n) is 13.4. The molecule has 0 radical (unpaired) electrons. The first-order chi connectivity index (χ1) is 11.7. The summed E-state index contributed by atoms with van der Waals surface area (Å²) in [6, 6.07) is 10.2. The molecule has 0 aliphatic rings. The largest absolute Gasteiger partial charge is 0.461 e. The number of benzene rings is 1. The summed E-state index contributed by atoms with van der Waals surface area (Å²) in [6.45, 7) is 2.67. The first kappa shape index (κ1) is 15.9. The first-order valence-electron chi connectivity index (χ1n) is 7.88. The van der Waals surface area contributed by atoms with Crippen LogP contribution in [-0.2, 0) is 13.0 Å². The van der Waals surface area contributed by atoms with Gasteiger partial charge in [0.25, 0.3) is 5.69 Å². The maximum atomic E-state index is 10.8. The fourth-order valence-electron chi connectivity index (χ4n) is 2.52. The van der Waals surface area contributed by atoms with Crippen LogP contribution < -0.4 is 0 Å². The van der Waals surface area contributed by atoms with Crippen LogP contribution in [0.5, 0.6) is 0 Å². The Morgan fingerprint density at radius 2 is 2.00 bits per heavy atom. The molecule has 0 aliphatic carbocycles. The Morgan fingerprint density at radius 1 is 1.21 bits per heavy atom. The number of aryl methyl sites for hydroxylation is 1. The number of rotatable bonds is 7. The van der Waals surface area contributed by atoms with Crippen LogP contribution >= 0.6 is 0 Å². The summed E-state index contributed by atoms with van der Waals surface area (Å²) < 4.78 is 7.46. The topological polar surface area (TPSA) is 87.0 Å². The van der Waals surface area contributed by atoms with Crippen LogP contribution in [0.3, 0.4) is 0 Å². The Hall–Kier alpha value is -2.96. The number of unbranched alkanes of at least 4 members (excludes halogenated alkanes) is 1. The van der Waals surface area contributed by atoms with Gasteiger partial charge in [0.15, 0.2) is 11.6 Å². The monoisotopic (exact) mass is 326 g/mol. The van der Waals surface area contributed by atoms with Crippen molar-refractivity contribution in [2.75, 3.05) is 0 Å². The molecule has 24 heavy (non-hydrogen) atoms. The van der Waals surface area contributed by atoms with E-state index >= 15 is 0 Å². The molecule has 2 heterocycles. The minimum atomic E-state index is -0.399. The Kier molecular flexibility index (Phi) is 4.69. The van der Waals surface area contributed by atoms with E-state index in [0.29, 0.717) is 18.1 Å². The van der Waals surface area contributed by atoms with E-state index in [1.165, 1.54) is 12.1 Å². The van der Waals surface area contributed by atoms with Crippen molar-refractivity contribution in [1.29, 1.82) is 0 Å². The molecule has 0 amide bonds. The van der Waals surface area contributed by atoms with E-state index in [9.17, 15) is 10.1 Å². The number of nitrogens with zero attached hydrogens (tertiary/aromatic N) is 4. The van der Waals surface area contributed by atoms with Gasteiger partial charge in [-0.05, 0) is 24.1 Å². The average molecular weight is 326 g/mol. The predicted octanol–water partition coefficient (Wildman–Crippen LogP) is 3.84.